The van der Waals surface area contributed by atoms with Crippen molar-refractivity contribution in [1.82, 2.24) is 20.4 Å². The Kier molecular flexibility index (Phi) is 10.5. The van der Waals surface area contributed by atoms with E-state index in [0.717, 1.165) is 11.1 Å². The molecule has 2 fully saturated rings. The van der Waals surface area contributed by atoms with Crippen molar-refractivity contribution in [3.8, 4) is 34.8 Å². The van der Waals surface area contributed by atoms with Crippen LogP contribution in [0.3, 0.4) is 0 Å². The smallest absolute Gasteiger partial charge is 0.329 e. The quantitative estimate of drug-likeness (QED) is 0.234. The highest BCUT2D eigenvalue weighted by Crippen LogP contribution is 2.64. The molecule has 300 valence electrons. The number of likely N-dealkylation sites (N-methyl/N-ethyl adjacent to an activating group) is 1. The molecular weight excluding hydrogens is 745 g/mol. The Morgan fingerprint density at radius 2 is 1.80 bits per heavy atom. The van der Waals surface area contributed by atoms with Gasteiger partial charge < -0.3 is 45.2 Å². The molecule has 2 saturated heterocycles. The highest BCUT2D eigenvalue weighted by molar-refractivity contribution is 7.99. The van der Waals surface area contributed by atoms with Gasteiger partial charge in [-0.1, -0.05) is 19.9 Å². The summed E-state index contributed by atoms with van der Waals surface area (Å²) < 4.78 is 29.9. The summed E-state index contributed by atoms with van der Waals surface area (Å²) in [6.07, 6.45) is 0.453. The number of carbonyl (C=O) groups excluding carboxylic acids is 4. The number of hydrogen-bond acceptors (Lipinski definition) is 15. The molecule has 5 heterocycles. The lowest BCUT2D eigenvalue weighted by Gasteiger charge is -2.61. The van der Waals surface area contributed by atoms with Crippen molar-refractivity contribution in [3.63, 3.8) is 0 Å². The number of thioether (sulfide) groups is 1. The summed E-state index contributed by atoms with van der Waals surface area (Å²) in [5.74, 6) is -1.32. The van der Waals surface area contributed by atoms with E-state index in [-0.39, 0.29) is 42.6 Å². The van der Waals surface area contributed by atoms with Crippen molar-refractivity contribution in [2.24, 2.45) is 11.7 Å². The second kappa shape index (κ2) is 15.0. The first-order valence-corrected chi connectivity index (χ1v) is 19.7. The number of nitriles is 1. The Morgan fingerprint density at radius 3 is 2.45 bits per heavy atom. The van der Waals surface area contributed by atoms with E-state index < -0.39 is 71.3 Å². The Balaban J connectivity index is 1.43. The number of hydrogen-bond donors (Lipinski definition) is 4. The predicted molar refractivity (Wildman–Crippen MR) is 202 cm³/mol. The third-order valence-corrected chi connectivity index (χ3v) is 13.0. The highest BCUT2D eigenvalue weighted by Gasteiger charge is 2.61. The molecule has 0 aliphatic carbocycles. The van der Waals surface area contributed by atoms with Crippen LogP contribution < -0.4 is 35.3 Å². The molecule has 0 spiro atoms. The molecule has 5 aliphatic heterocycles. The van der Waals surface area contributed by atoms with Gasteiger partial charge in [0.2, 0.25) is 18.6 Å². The van der Waals surface area contributed by atoms with E-state index in [2.05, 4.69) is 26.5 Å². The zero-order chi connectivity index (χ0) is 40.5. The number of fused-ring (bicyclic) bond motifs is 9. The van der Waals surface area contributed by atoms with Crippen molar-refractivity contribution >= 4 is 35.5 Å². The Hall–Kier alpha value is -4.76. The molecule has 5 aliphatic rings. The maximum absolute atomic E-state index is 14.0. The van der Waals surface area contributed by atoms with Crippen LogP contribution in [0.1, 0.15) is 78.4 Å². The number of aryl methyl sites for hydroxylation is 1. The van der Waals surface area contributed by atoms with Crippen LogP contribution >= 0.6 is 11.8 Å². The van der Waals surface area contributed by atoms with Crippen LogP contribution in [0.2, 0.25) is 0 Å². The molecule has 16 nitrogen and oxygen atoms in total. The molecule has 4 bridgehead atoms. The lowest BCUT2D eigenvalue weighted by molar-refractivity contribution is -0.153. The monoisotopic (exact) mass is 792 g/mol. The minimum Gasteiger partial charge on any atom is -0.504 e. The topological polar surface area (TPSA) is 215 Å². The van der Waals surface area contributed by atoms with Crippen LogP contribution in [0.15, 0.2) is 6.07 Å². The van der Waals surface area contributed by atoms with Crippen LogP contribution in [0, 0.1) is 31.1 Å². The van der Waals surface area contributed by atoms with Gasteiger partial charge in [-0.2, -0.15) is 5.26 Å². The van der Waals surface area contributed by atoms with Crippen molar-refractivity contribution in [2.45, 2.75) is 102 Å². The summed E-state index contributed by atoms with van der Waals surface area (Å²) in [6, 6.07) is -1.45. The zero-order valence-electron chi connectivity index (χ0n) is 32.6. The first-order valence-electron chi connectivity index (χ1n) is 18.7. The average Bonchev–Trinajstić information content (AvgIpc) is 3.63. The second-order valence-corrected chi connectivity index (χ2v) is 16.6. The summed E-state index contributed by atoms with van der Waals surface area (Å²) in [5.41, 5.74) is 9.81. The number of nitrogens with one attached hydrogen (secondary N) is 2. The maximum Gasteiger partial charge on any atom is 0.329 e. The number of esters is 2. The fraction of sp³-hybridized carbons (Fsp3) is 0.564. The number of rotatable bonds is 7. The van der Waals surface area contributed by atoms with Gasteiger partial charge >= 0.3 is 11.9 Å². The van der Waals surface area contributed by atoms with E-state index >= 15 is 0 Å². The SMILES string of the molecule is COc1c(C)cc2c(c1O)[C@@H]1C3[C@@H]4SC[C@H](NC(=O)C(NC(=O)C(C)N)C(C)C)C(=O)OC[C@@H](c5c6c(c(C)c(OC(C)=O)c54)OCO6)N3[C@@H](C#N)[C@H](C2)N1C. The van der Waals surface area contributed by atoms with E-state index in [1.807, 2.05) is 20.0 Å². The number of cyclic esters (lactones) is 1. The molecule has 17 heteroatoms. The van der Waals surface area contributed by atoms with Crippen molar-refractivity contribution in [1.29, 1.82) is 5.26 Å². The molecule has 7 rings (SSSR count). The summed E-state index contributed by atoms with van der Waals surface area (Å²) >= 11 is 1.33. The molecular formula is C39H48N6O10S. The first-order chi connectivity index (χ1) is 26.6. The number of nitrogens with two attached hydrogens (primary N) is 1. The number of nitrogens with zero attached hydrogens (tertiary/aromatic N) is 3. The van der Waals surface area contributed by atoms with Gasteiger partial charge in [0.05, 0.1) is 36.6 Å². The minimum atomic E-state index is -1.17. The number of phenolic OH excluding ortho intramolecular Hbond substituents is 1. The third-order valence-electron chi connectivity index (χ3n) is 11.6. The van der Waals surface area contributed by atoms with E-state index in [9.17, 15) is 29.5 Å². The number of phenols is 1. The average molecular weight is 793 g/mol. The molecule has 2 amide bonds. The Labute approximate surface area is 329 Å². The number of aromatic hydroxyl groups is 1. The molecule has 0 saturated carbocycles. The van der Waals surface area contributed by atoms with Crippen LogP contribution in [0.4, 0.5) is 0 Å². The number of ether oxygens (including phenoxy) is 5. The summed E-state index contributed by atoms with van der Waals surface area (Å²) in [4.78, 5) is 57.4. The van der Waals surface area contributed by atoms with Crippen LogP contribution in [-0.4, -0.2) is 108 Å². The van der Waals surface area contributed by atoms with E-state index in [1.54, 1.807) is 20.8 Å². The maximum atomic E-state index is 14.0. The largest absolute Gasteiger partial charge is 0.504 e. The number of carbonyl (C=O) groups is 4. The van der Waals surface area contributed by atoms with Gasteiger partial charge in [-0.05, 0) is 51.3 Å². The predicted octanol–water partition coefficient (Wildman–Crippen LogP) is 2.20. The summed E-state index contributed by atoms with van der Waals surface area (Å²) in [6.45, 7) is 9.65. The van der Waals surface area contributed by atoms with Gasteiger partial charge in [-0.25, -0.2) is 4.79 Å². The summed E-state index contributed by atoms with van der Waals surface area (Å²) in [5, 5.41) is 27.9. The van der Waals surface area contributed by atoms with Gasteiger partial charge in [-0.3, -0.25) is 24.2 Å². The third kappa shape index (κ3) is 6.27. The first kappa shape index (κ1) is 39.5. The second-order valence-electron chi connectivity index (χ2n) is 15.5. The fourth-order valence-corrected chi connectivity index (χ4v) is 10.7. The van der Waals surface area contributed by atoms with E-state index in [4.69, 9.17) is 29.4 Å². The number of methoxy groups -OCH3 is 1. The van der Waals surface area contributed by atoms with Crippen LogP contribution in [-0.2, 0) is 30.3 Å². The van der Waals surface area contributed by atoms with Gasteiger partial charge in [0, 0.05) is 47.0 Å². The normalized spacial score (nSPS) is 27.4. The van der Waals surface area contributed by atoms with E-state index in [1.165, 1.54) is 32.7 Å². The lowest BCUT2D eigenvalue weighted by Crippen LogP contribution is -2.69. The molecule has 0 radical (unpaired) electrons. The van der Waals surface area contributed by atoms with Gasteiger partial charge in [0.15, 0.2) is 23.0 Å². The minimum absolute atomic E-state index is 0.00133. The lowest BCUT2D eigenvalue weighted by atomic mass is 9.71. The Morgan fingerprint density at radius 1 is 1.09 bits per heavy atom. The molecule has 2 aromatic carbocycles. The van der Waals surface area contributed by atoms with Gasteiger partial charge in [-0.15, -0.1) is 11.8 Å². The molecule has 3 unspecified atom stereocenters. The van der Waals surface area contributed by atoms with Crippen LogP contribution in [0.25, 0.3) is 0 Å². The molecule has 56 heavy (non-hydrogen) atoms. The molecule has 0 aromatic heterocycles. The number of piperazine rings is 1. The molecule has 9 atom stereocenters. The zero-order valence-corrected chi connectivity index (χ0v) is 33.4. The van der Waals surface area contributed by atoms with Crippen molar-refractivity contribution in [3.05, 3.63) is 39.4 Å². The molecule has 2 aromatic rings. The van der Waals surface area contributed by atoms with Crippen LogP contribution in [0.5, 0.6) is 28.7 Å². The van der Waals surface area contributed by atoms with Gasteiger partial charge in [0.1, 0.15) is 30.5 Å². The van der Waals surface area contributed by atoms with E-state index in [0.29, 0.717) is 45.9 Å². The fourth-order valence-electron chi connectivity index (χ4n) is 9.15. The summed E-state index contributed by atoms with van der Waals surface area (Å²) in [7, 11) is 3.44. The molecule has 5 N–H and O–H groups in total. The highest BCUT2D eigenvalue weighted by atomic mass is 32.2. The Bertz CT molecular complexity index is 2040. The van der Waals surface area contributed by atoms with Crippen molar-refractivity contribution < 1.29 is 48.0 Å². The standard InChI is InChI=1S/C39H48N6O10S/c1-15(2)28(43-37(48)18(5)41)38(49)42-21-13-56-36-27-26(35-34(53-14-54-35)17(4)33(27)55-19(6)46)24(12-52-39(21)50)45-23(11-40)22-10-20-9-16(3)32(51-8)31(47)25(20)29(30(36)45)44(22)7/h9,15,18,21-24,28-30,36,47H,10,12-14,41H2,1-8H3,(H,42,49)(H,43,48)/t18?,21-,22-,23-,24-,28?,29+,30?,36+/m0/s1. The number of amides is 2. The van der Waals surface area contributed by atoms with Gasteiger partial charge in [0.25, 0.3) is 0 Å². The number of benzene rings is 2. The van der Waals surface area contributed by atoms with Crippen molar-refractivity contribution in [2.75, 3.05) is 33.3 Å².